The summed E-state index contributed by atoms with van der Waals surface area (Å²) in [6.07, 6.45) is 0. The summed E-state index contributed by atoms with van der Waals surface area (Å²) in [6, 6.07) is 10.1. The smallest absolute Gasteiger partial charge is 0.252 e. The Hall–Kier alpha value is -0.873. The van der Waals surface area contributed by atoms with Gasteiger partial charge in [0, 0.05) is 9.86 Å². The Balaban J connectivity index is 2.40. The van der Waals surface area contributed by atoms with Crippen molar-refractivity contribution in [2.24, 2.45) is 0 Å². The summed E-state index contributed by atoms with van der Waals surface area (Å²) >= 11 is 3.54. The highest BCUT2D eigenvalue weighted by Gasteiger charge is 2.39. The number of para-hydroxylation sites is 1. The van der Waals surface area contributed by atoms with Crippen molar-refractivity contribution in [1.29, 1.82) is 0 Å². The van der Waals surface area contributed by atoms with Crippen molar-refractivity contribution in [3.8, 4) is 5.88 Å². The van der Waals surface area contributed by atoms with E-state index in [0.717, 1.165) is 21.3 Å². The third kappa shape index (κ3) is 3.00. The van der Waals surface area contributed by atoms with Crippen molar-refractivity contribution in [1.82, 2.24) is 4.98 Å². The van der Waals surface area contributed by atoms with E-state index in [0.29, 0.717) is 0 Å². The van der Waals surface area contributed by atoms with Crippen LogP contribution in [0.3, 0.4) is 0 Å². The van der Waals surface area contributed by atoms with E-state index in [1.54, 1.807) is 0 Å². The molecule has 0 spiro atoms. The van der Waals surface area contributed by atoms with Crippen LogP contribution in [0.4, 0.5) is 0 Å². The molecule has 0 aliphatic carbocycles. The standard InChI is InChI=1S/C15H20BrNOSi/c1-15(2,3)19(4,5)18-13-10-9-11-7-6-8-12(16)14(11)17-13/h6-10H,1-5H3. The lowest BCUT2D eigenvalue weighted by molar-refractivity contribution is 0.478. The molecular formula is C15H20BrNOSi. The van der Waals surface area contributed by atoms with Gasteiger partial charge in [0.15, 0.2) is 5.88 Å². The number of hydrogen-bond donors (Lipinski definition) is 0. The molecule has 2 rings (SSSR count). The number of aromatic nitrogens is 1. The lowest BCUT2D eigenvalue weighted by Gasteiger charge is -2.35. The Kier molecular flexibility index (Phi) is 3.75. The van der Waals surface area contributed by atoms with Crippen LogP contribution >= 0.6 is 15.9 Å². The quantitative estimate of drug-likeness (QED) is 0.686. The maximum absolute atomic E-state index is 6.24. The van der Waals surface area contributed by atoms with E-state index in [-0.39, 0.29) is 5.04 Å². The SMILES string of the molecule is CC(C)(C)[Si](C)(C)Oc1ccc2cccc(Br)c2n1. The van der Waals surface area contributed by atoms with E-state index in [9.17, 15) is 0 Å². The molecule has 0 atom stereocenters. The topological polar surface area (TPSA) is 22.1 Å². The van der Waals surface area contributed by atoms with Gasteiger partial charge in [0.05, 0.1) is 5.52 Å². The van der Waals surface area contributed by atoms with Gasteiger partial charge in [0.25, 0.3) is 8.32 Å². The van der Waals surface area contributed by atoms with Gasteiger partial charge in [-0.25, -0.2) is 4.98 Å². The van der Waals surface area contributed by atoms with Crippen molar-refractivity contribution in [3.63, 3.8) is 0 Å². The molecule has 0 aliphatic heterocycles. The molecule has 1 heterocycles. The lowest BCUT2D eigenvalue weighted by Crippen LogP contribution is -2.44. The number of hydrogen-bond acceptors (Lipinski definition) is 2. The monoisotopic (exact) mass is 337 g/mol. The van der Waals surface area contributed by atoms with Gasteiger partial charge in [0.2, 0.25) is 0 Å². The minimum Gasteiger partial charge on any atom is -0.531 e. The number of fused-ring (bicyclic) bond motifs is 1. The molecule has 1 aromatic heterocycles. The second-order valence-corrected chi connectivity index (χ2v) is 11.9. The van der Waals surface area contributed by atoms with Gasteiger partial charge in [-0.2, -0.15) is 0 Å². The van der Waals surface area contributed by atoms with Crippen LogP contribution in [0.2, 0.25) is 18.1 Å². The van der Waals surface area contributed by atoms with Crippen LogP contribution in [0, 0.1) is 0 Å². The second-order valence-electron chi connectivity index (χ2n) is 6.32. The van der Waals surface area contributed by atoms with E-state index in [2.05, 4.69) is 66.9 Å². The molecule has 4 heteroatoms. The average molecular weight is 338 g/mol. The van der Waals surface area contributed by atoms with E-state index < -0.39 is 8.32 Å². The van der Waals surface area contributed by atoms with Gasteiger partial charge in [0.1, 0.15) is 0 Å². The largest absolute Gasteiger partial charge is 0.531 e. The number of halogens is 1. The Labute approximate surface area is 124 Å². The summed E-state index contributed by atoms with van der Waals surface area (Å²) in [4.78, 5) is 4.64. The van der Waals surface area contributed by atoms with Crippen LogP contribution in [-0.2, 0) is 0 Å². The van der Waals surface area contributed by atoms with Crippen molar-refractivity contribution < 1.29 is 4.43 Å². The lowest BCUT2D eigenvalue weighted by atomic mass is 10.2. The fourth-order valence-electron chi connectivity index (χ4n) is 1.56. The van der Waals surface area contributed by atoms with Crippen molar-refractivity contribution in [2.75, 3.05) is 0 Å². The van der Waals surface area contributed by atoms with Crippen LogP contribution in [0.15, 0.2) is 34.8 Å². The first-order valence-electron chi connectivity index (χ1n) is 6.45. The molecule has 1 aromatic carbocycles. The molecule has 0 radical (unpaired) electrons. The third-order valence-corrected chi connectivity index (χ3v) is 8.78. The molecule has 2 nitrogen and oxygen atoms in total. The first-order valence-corrected chi connectivity index (χ1v) is 10.2. The van der Waals surface area contributed by atoms with Crippen molar-refractivity contribution in [3.05, 3.63) is 34.8 Å². The molecule has 0 unspecified atom stereocenters. The molecule has 2 aromatic rings. The van der Waals surface area contributed by atoms with Gasteiger partial charge < -0.3 is 4.43 Å². The third-order valence-electron chi connectivity index (χ3n) is 3.81. The predicted octanol–water partition coefficient (Wildman–Crippen LogP) is 5.38. The molecule has 19 heavy (non-hydrogen) atoms. The number of rotatable bonds is 2. The maximum Gasteiger partial charge on any atom is 0.252 e. The zero-order chi connectivity index (χ0) is 14.3. The van der Waals surface area contributed by atoms with E-state index in [4.69, 9.17) is 4.43 Å². The zero-order valence-electron chi connectivity index (χ0n) is 12.1. The zero-order valence-corrected chi connectivity index (χ0v) is 14.7. The number of nitrogens with zero attached hydrogens (tertiary/aromatic N) is 1. The van der Waals surface area contributed by atoms with Gasteiger partial charge in [-0.1, -0.05) is 32.9 Å². The summed E-state index contributed by atoms with van der Waals surface area (Å²) in [5, 5.41) is 1.30. The van der Waals surface area contributed by atoms with Crippen molar-refractivity contribution in [2.45, 2.75) is 38.9 Å². The highest BCUT2D eigenvalue weighted by molar-refractivity contribution is 9.10. The van der Waals surface area contributed by atoms with E-state index in [1.807, 2.05) is 18.2 Å². The summed E-state index contributed by atoms with van der Waals surface area (Å²) in [5.74, 6) is 0.728. The first kappa shape index (κ1) is 14.5. The van der Waals surface area contributed by atoms with E-state index >= 15 is 0 Å². The summed E-state index contributed by atoms with van der Waals surface area (Å²) in [7, 11) is -1.83. The van der Waals surface area contributed by atoms with Crippen LogP contribution in [0.1, 0.15) is 20.8 Å². The number of pyridine rings is 1. The molecule has 0 bridgehead atoms. The molecule has 102 valence electrons. The molecule has 0 saturated carbocycles. The minimum absolute atomic E-state index is 0.178. The Bertz CT molecular complexity index is 605. The van der Waals surface area contributed by atoms with Gasteiger partial charge in [-0.15, -0.1) is 0 Å². The van der Waals surface area contributed by atoms with Crippen LogP contribution in [0.5, 0.6) is 5.88 Å². The molecular weight excluding hydrogens is 318 g/mol. The molecule has 0 amide bonds. The fraction of sp³-hybridized carbons (Fsp3) is 0.400. The van der Waals surface area contributed by atoms with E-state index in [1.165, 1.54) is 0 Å². The maximum atomic E-state index is 6.24. The fourth-order valence-corrected chi connectivity index (χ4v) is 2.98. The molecule has 0 fully saturated rings. The highest BCUT2D eigenvalue weighted by atomic mass is 79.9. The molecule has 0 saturated heterocycles. The second kappa shape index (κ2) is 4.91. The molecule has 0 N–H and O–H groups in total. The van der Waals surface area contributed by atoms with Crippen LogP contribution < -0.4 is 4.43 Å². The minimum atomic E-state index is -1.83. The van der Waals surface area contributed by atoms with Crippen molar-refractivity contribution >= 4 is 35.2 Å². The number of benzene rings is 1. The average Bonchev–Trinajstić information content (AvgIpc) is 2.28. The summed E-state index contributed by atoms with van der Waals surface area (Å²) in [6.45, 7) is 11.2. The predicted molar refractivity (Wildman–Crippen MR) is 87.3 cm³/mol. The summed E-state index contributed by atoms with van der Waals surface area (Å²) in [5.41, 5.74) is 0.957. The first-order chi connectivity index (χ1) is 8.71. The summed E-state index contributed by atoms with van der Waals surface area (Å²) < 4.78 is 7.24. The molecule has 0 aliphatic rings. The normalized spacial score (nSPS) is 12.7. The Morgan fingerprint density at radius 1 is 1.11 bits per heavy atom. The van der Waals surface area contributed by atoms with Crippen LogP contribution in [-0.4, -0.2) is 13.3 Å². The van der Waals surface area contributed by atoms with Gasteiger partial charge in [-0.3, -0.25) is 0 Å². The van der Waals surface area contributed by atoms with Crippen LogP contribution in [0.25, 0.3) is 10.9 Å². The Morgan fingerprint density at radius 3 is 2.42 bits per heavy atom. The van der Waals surface area contributed by atoms with Gasteiger partial charge in [-0.05, 0) is 52.3 Å². The Morgan fingerprint density at radius 2 is 1.79 bits per heavy atom. The highest BCUT2D eigenvalue weighted by Crippen LogP contribution is 2.37. The van der Waals surface area contributed by atoms with Gasteiger partial charge >= 0.3 is 0 Å².